The van der Waals surface area contributed by atoms with Crippen molar-refractivity contribution < 1.29 is 15.0 Å². The molecular weight excluding hydrogens is 270 g/mol. The number of fused-ring (bicyclic) bond motifs is 1. The second kappa shape index (κ2) is 5.65. The van der Waals surface area contributed by atoms with Crippen molar-refractivity contribution in [1.29, 1.82) is 0 Å². The molecule has 6 heteroatoms. The molecule has 2 atom stereocenters. The first-order valence-electron chi connectivity index (χ1n) is 7.08. The Balaban J connectivity index is 1.93. The monoisotopic (exact) mass is 287 g/mol. The molecular formula is C15H17N3O3. The normalized spacial score (nSPS) is 22.1. The highest BCUT2D eigenvalue weighted by atomic mass is 16.4. The minimum absolute atomic E-state index is 0.0176. The van der Waals surface area contributed by atoms with Gasteiger partial charge in [0.05, 0.1) is 23.2 Å². The predicted octanol–water partition coefficient (Wildman–Crippen LogP) is 2.04. The van der Waals surface area contributed by atoms with E-state index in [9.17, 15) is 9.90 Å². The van der Waals surface area contributed by atoms with Gasteiger partial charge in [0.25, 0.3) is 0 Å². The van der Waals surface area contributed by atoms with Crippen LogP contribution in [-0.2, 0) is 0 Å². The third kappa shape index (κ3) is 2.80. The lowest BCUT2D eigenvalue weighted by molar-refractivity contribution is 0.0697. The highest BCUT2D eigenvalue weighted by Crippen LogP contribution is 2.25. The van der Waals surface area contributed by atoms with E-state index in [0.717, 1.165) is 31.1 Å². The maximum atomic E-state index is 11.0. The molecule has 6 nitrogen and oxygen atoms in total. The van der Waals surface area contributed by atoms with E-state index in [1.165, 1.54) is 18.5 Å². The van der Waals surface area contributed by atoms with Crippen molar-refractivity contribution in [1.82, 2.24) is 9.97 Å². The van der Waals surface area contributed by atoms with Crippen LogP contribution in [0.5, 0.6) is 0 Å². The standard InChI is InChI=1S/C15H17N3O3/c19-13-4-2-1-3-11(13)18-14-10-6-5-9(15(20)21)7-12(10)16-8-17-14/h5-8,11,13,19H,1-4H2,(H,20,21)(H,16,17,18). The van der Waals surface area contributed by atoms with Gasteiger partial charge in [-0.3, -0.25) is 0 Å². The summed E-state index contributed by atoms with van der Waals surface area (Å²) in [5, 5.41) is 23.1. The number of aliphatic hydroxyl groups excluding tert-OH is 1. The molecule has 2 aromatic rings. The zero-order valence-corrected chi connectivity index (χ0v) is 11.5. The van der Waals surface area contributed by atoms with Crippen LogP contribution in [0.4, 0.5) is 5.82 Å². The summed E-state index contributed by atoms with van der Waals surface area (Å²) in [6, 6.07) is 4.75. The molecule has 1 fully saturated rings. The lowest BCUT2D eigenvalue weighted by Gasteiger charge is -2.29. The van der Waals surface area contributed by atoms with E-state index in [4.69, 9.17) is 5.11 Å². The first-order valence-corrected chi connectivity index (χ1v) is 7.08. The van der Waals surface area contributed by atoms with Gasteiger partial charge in [0, 0.05) is 5.39 Å². The lowest BCUT2D eigenvalue weighted by atomic mass is 9.92. The number of carboxylic acid groups (broad SMARTS) is 1. The van der Waals surface area contributed by atoms with E-state index in [1.807, 2.05) is 0 Å². The van der Waals surface area contributed by atoms with Gasteiger partial charge in [-0.05, 0) is 31.0 Å². The van der Waals surface area contributed by atoms with Crippen LogP contribution >= 0.6 is 0 Å². The summed E-state index contributed by atoms with van der Waals surface area (Å²) in [5.74, 6) is -0.337. The van der Waals surface area contributed by atoms with Crippen LogP contribution < -0.4 is 5.32 Å². The largest absolute Gasteiger partial charge is 0.478 e. The van der Waals surface area contributed by atoms with Crippen molar-refractivity contribution in [3.8, 4) is 0 Å². The van der Waals surface area contributed by atoms with Crippen molar-refractivity contribution in [2.75, 3.05) is 5.32 Å². The molecule has 2 unspecified atom stereocenters. The van der Waals surface area contributed by atoms with Gasteiger partial charge in [-0.2, -0.15) is 0 Å². The number of aromatic carboxylic acids is 1. The van der Waals surface area contributed by atoms with Crippen LogP contribution in [0.1, 0.15) is 36.0 Å². The zero-order valence-electron chi connectivity index (χ0n) is 11.5. The molecule has 0 bridgehead atoms. The number of aliphatic hydroxyl groups is 1. The SMILES string of the molecule is O=C(O)c1ccc2c(NC3CCCCC3O)ncnc2c1. The number of carboxylic acids is 1. The summed E-state index contributed by atoms with van der Waals surface area (Å²) in [6.45, 7) is 0. The van der Waals surface area contributed by atoms with Gasteiger partial charge < -0.3 is 15.5 Å². The molecule has 1 aromatic heterocycles. The van der Waals surface area contributed by atoms with E-state index in [2.05, 4.69) is 15.3 Å². The number of carbonyl (C=O) groups is 1. The molecule has 1 heterocycles. The topological polar surface area (TPSA) is 95.3 Å². The molecule has 3 rings (SSSR count). The summed E-state index contributed by atoms with van der Waals surface area (Å²) >= 11 is 0. The van der Waals surface area contributed by atoms with Crippen LogP contribution in [0, 0.1) is 0 Å². The zero-order chi connectivity index (χ0) is 14.8. The highest BCUT2D eigenvalue weighted by Gasteiger charge is 2.23. The van der Waals surface area contributed by atoms with E-state index in [1.54, 1.807) is 6.07 Å². The summed E-state index contributed by atoms with van der Waals surface area (Å²) in [5.41, 5.74) is 0.780. The molecule has 21 heavy (non-hydrogen) atoms. The van der Waals surface area contributed by atoms with E-state index >= 15 is 0 Å². The number of rotatable bonds is 3. The number of nitrogens with one attached hydrogen (secondary N) is 1. The molecule has 0 amide bonds. The number of aromatic nitrogens is 2. The Morgan fingerprint density at radius 3 is 2.81 bits per heavy atom. The van der Waals surface area contributed by atoms with Gasteiger partial charge in [-0.15, -0.1) is 0 Å². The van der Waals surface area contributed by atoms with E-state index in [-0.39, 0.29) is 17.7 Å². The number of hydrogen-bond acceptors (Lipinski definition) is 5. The smallest absolute Gasteiger partial charge is 0.335 e. The molecule has 1 aliphatic rings. The summed E-state index contributed by atoms with van der Waals surface area (Å²) in [4.78, 5) is 19.3. The van der Waals surface area contributed by atoms with Gasteiger partial charge in [-0.25, -0.2) is 14.8 Å². The van der Waals surface area contributed by atoms with Gasteiger partial charge in [0.15, 0.2) is 0 Å². The van der Waals surface area contributed by atoms with Gasteiger partial charge in [0.1, 0.15) is 12.1 Å². The van der Waals surface area contributed by atoms with Crippen molar-refractivity contribution in [2.24, 2.45) is 0 Å². The molecule has 0 radical (unpaired) electrons. The Labute approximate surface area is 121 Å². The molecule has 3 N–H and O–H groups in total. The first kappa shape index (κ1) is 13.8. The van der Waals surface area contributed by atoms with Crippen LogP contribution in [0.15, 0.2) is 24.5 Å². The van der Waals surface area contributed by atoms with Crippen molar-refractivity contribution in [2.45, 2.75) is 37.8 Å². The Bertz CT molecular complexity index is 674. The molecule has 1 aliphatic carbocycles. The molecule has 110 valence electrons. The maximum absolute atomic E-state index is 11.0. The van der Waals surface area contributed by atoms with Crippen LogP contribution in [0.3, 0.4) is 0 Å². The van der Waals surface area contributed by atoms with E-state index < -0.39 is 5.97 Å². The third-order valence-electron chi connectivity index (χ3n) is 3.94. The fourth-order valence-corrected chi connectivity index (χ4v) is 2.76. The van der Waals surface area contributed by atoms with E-state index in [0.29, 0.717) is 11.3 Å². The number of hydrogen-bond donors (Lipinski definition) is 3. The fraction of sp³-hybridized carbons (Fsp3) is 0.400. The fourth-order valence-electron chi connectivity index (χ4n) is 2.76. The number of benzene rings is 1. The first-order chi connectivity index (χ1) is 10.1. The third-order valence-corrected chi connectivity index (χ3v) is 3.94. The maximum Gasteiger partial charge on any atom is 0.335 e. The quantitative estimate of drug-likeness (QED) is 0.799. The molecule has 0 saturated heterocycles. The van der Waals surface area contributed by atoms with Crippen LogP contribution in [0.25, 0.3) is 10.9 Å². The van der Waals surface area contributed by atoms with Crippen LogP contribution in [0.2, 0.25) is 0 Å². The lowest BCUT2D eigenvalue weighted by Crippen LogP contribution is -2.36. The highest BCUT2D eigenvalue weighted by molar-refractivity contribution is 5.96. The van der Waals surface area contributed by atoms with Gasteiger partial charge >= 0.3 is 5.97 Å². The molecule has 0 aliphatic heterocycles. The number of nitrogens with zero attached hydrogens (tertiary/aromatic N) is 2. The predicted molar refractivity (Wildman–Crippen MR) is 78.4 cm³/mol. The average molecular weight is 287 g/mol. The second-order valence-corrected chi connectivity index (χ2v) is 5.36. The number of anilines is 1. The minimum atomic E-state index is -0.979. The van der Waals surface area contributed by atoms with Gasteiger partial charge in [-0.1, -0.05) is 12.8 Å². The molecule has 1 saturated carbocycles. The Hall–Kier alpha value is -2.21. The Kier molecular flexibility index (Phi) is 3.70. The van der Waals surface area contributed by atoms with Crippen LogP contribution in [-0.4, -0.2) is 38.3 Å². The van der Waals surface area contributed by atoms with Gasteiger partial charge in [0.2, 0.25) is 0 Å². The Morgan fingerprint density at radius 1 is 1.24 bits per heavy atom. The van der Waals surface area contributed by atoms with Crippen molar-refractivity contribution in [3.05, 3.63) is 30.1 Å². The molecule has 0 spiro atoms. The minimum Gasteiger partial charge on any atom is -0.478 e. The second-order valence-electron chi connectivity index (χ2n) is 5.36. The van der Waals surface area contributed by atoms with Crippen molar-refractivity contribution >= 4 is 22.7 Å². The summed E-state index contributed by atoms with van der Waals surface area (Å²) in [7, 11) is 0. The average Bonchev–Trinajstić information content (AvgIpc) is 2.49. The molecule has 1 aromatic carbocycles. The van der Waals surface area contributed by atoms with Crippen molar-refractivity contribution in [3.63, 3.8) is 0 Å². The summed E-state index contributed by atoms with van der Waals surface area (Å²) < 4.78 is 0. The summed E-state index contributed by atoms with van der Waals surface area (Å²) in [6.07, 6.45) is 4.86. The Morgan fingerprint density at radius 2 is 2.05 bits per heavy atom.